The molecule has 90 valence electrons. The van der Waals surface area contributed by atoms with Crippen molar-refractivity contribution in [2.45, 2.75) is 13.3 Å². The fraction of sp³-hybridized carbons (Fsp3) is 0.143. The summed E-state index contributed by atoms with van der Waals surface area (Å²) in [6.45, 7) is 2.03. The van der Waals surface area contributed by atoms with E-state index < -0.39 is 0 Å². The largest absolute Gasteiger partial charge is 0.218 e. The van der Waals surface area contributed by atoms with Gasteiger partial charge in [-0.2, -0.15) is 5.10 Å². The molecular weight excluding hydrogens is 290 g/mol. The highest BCUT2D eigenvalue weighted by molar-refractivity contribution is 9.10. The van der Waals surface area contributed by atoms with Crippen LogP contribution in [0.1, 0.15) is 17.1 Å². The molecule has 3 rings (SSSR count). The van der Waals surface area contributed by atoms with Gasteiger partial charge in [0.25, 0.3) is 0 Å². The van der Waals surface area contributed by atoms with Crippen LogP contribution < -0.4 is 0 Å². The fourth-order valence-corrected chi connectivity index (χ4v) is 2.43. The van der Waals surface area contributed by atoms with Crippen LogP contribution in [0.25, 0.3) is 5.65 Å². The van der Waals surface area contributed by atoms with E-state index in [4.69, 9.17) is 0 Å². The van der Waals surface area contributed by atoms with Gasteiger partial charge in [-0.25, -0.2) is 9.50 Å². The van der Waals surface area contributed by atoms with Gasteiger partial charge in [0.2, 0.25) is 0 Å². The zero-order valence-electron chi connectivity index (χ0n) is 9.97. The summed E-state index contributed by atoms with van der Waals surface area (Å²) in [6.07, 6.45) is 0.751. The van der Waals surface area contributed by atoms with Crippen molar-refractivity contribution in [3.8, 4) is 0 Å². The van der Waals surface area contributed by atoms with E-state index in [9.17, 15) is 0 Å². The van der Waals surface area contributed by atoms with Crippen molar-refractivity contribution in [3.63, 3.8) is 0 Å². The highest BCUT2D eigenvalue weighted by Gasteiger charge is 2.06. The molecule has 0 fully saturated rings. The Morgan fingerprint density at radius 2 is 2.00 bits per heavy atom. The minimum absolute atomic E-state index is 0.751. The third kappa shape index (κ3) is 2.16. The molecule has 0 N–H and O–H groups in total. The van der Waals surface area contributed by atoms with Crippen LogP contribution in [0.2, 0.25) is 0 Å². The first-order chi connectivity index (χ1) is 8.72. The lowest BCUT2D eigenvalue weighted by Crippen LogP contribution is -1.94. The van der Waals surface area contributed by atoms with Gasteiger partial charge in [0, 0.05) is 16.6 Å². The van der Waals surface area contributed by atoms with Crippen molar-refractivity contribution < 1.29 is 0 Å². The number of pyridine rings is 1. The molecule has 3 aromatic rings. The summed E-state index contributed by atoms with van der Waals surface area (Å²) in [5.74, 6) is 0.849. The number of fused-ring (bicyclic) bond motifs is 1. The van der Waals surface area contributed by atoms with Gasteiger partial charge >= 0.3 is 0 Å². The summed E-state index contributed by atoms with van der Waals surface area (Å²) in [5, 5.41) is 4.53. The third-order valence-corrected chi connectivity index (χ3v) is 3.34. The van der Waals surface area contributed by atoms with Crippen LogP contribution in [-0.2, 0) is 6.42 Å². The number of halogens is 1. The Labute approximate surface area is 114 Å². The molecule has 3 nitrogen and oxygen atoms in total. The highest BCUT2D eigenvalue weighted by atomic mass is 79.9. The zero-order chi connectivity index (χ0) is 12.5. The van der Waals surface area contributed by atoms with Crippen molar-refractivity contribution in [3.05, 3.63) is 64.0 Å². The van der Waals surface area contributed by atoms with Crippen LogP contribution >= 0.6 is 15.9 Å². The molecule has 2 heterocycles. The highest BCUT2D eigenvalue weighted by Crippen LogP contribution is 2.14. The predicted molar refractivity (Wildman–Crippen MR) is 74.7 cm³/mol. The maximum Gasteiger partial charge on any atom is 0.156 e. The summed E-state index contributed by atoms with van der Waals surface area (Å²) < 4.78 is 2.97. The molecule has 2 aromatic heterocycles. The quantitative estimate of drug-likeness (QED) is 0.726. The minimum atomic E-state index is 0.751. The third-order valence-electron chi connectivity index (χ3n) is 2.84. The van der Waals surface area contributed by atoms with Gasteiger partial charge in [-0.1, -0.05) is 34.1 Å². The number of nitrogens with zero attached hydrogens (tertiary/aromatic N) is 3. The number of hydrogen-bond donors (Lipinski definition) is 0. The molecular formula is C14H12BrN3. The average Bonchev–Trinajstić information content (AvgIpc) is 2.73. The van der Waals surface area contributed by atoms with E-state index in [2.05, 4.69) is 38.1 Å². The van der Waals surface area contributed by atoms with Gasteiger partial charge in [0.05, 0.1) is 0 Å². The zero-order valence-corrected chi connectivity index (χ0v) is 11.6. The summed E-state index contributed by atoms with van der Waals surface area (Å²) in [6, 6.07) is 14.2. The van der Waals surface area contributed by atoms with Crippen molar-refractivity contribution >= 4 is 21.6 Å². The smallest absolute Gasteiger partial charge is 0.156 e. The van der Waals surface area contributed by atoms with E-state index >= 15 is 0 Å². The number of aryl methyl sites for hydroxylation is 1. The first-order valence-corrected chi connectivity index (χ1v) is 6.57. The second-order valence-corrected chi connectivity index (χ2v) is 5.19. The van der Waals surface area contributed by atoms with E-state index in [0.29, 0.717) is 0 Å². The standard InChI is InChI=1S/C14H12BrN3/c1-10-4-2-7-14-16-13(17-18(10)14)9-11-5-3-6-12(15)8-11/h2-8H,9H2,1H3. The molecule has 0 aliphatic heterocycles. The molecule has 0 atom stereocenters. The van der Waals surface area contributed by atoms with Gasteiger partial charge in [-0.3, -0.25) is 0 Å². The molecule has 0 aliphatic rings. The summed E-state index contributed by atoms with van der Waals surface area (Å²) >= 11 is 3.48. The Bertz CT molecular complexity index is 703. The molecule has 0 saturated heterocycles. The second-order valence-electron chi connectivity index (χ2n) is 4.27. The summed E-state index contributed by atoms with van der Waals surface area (Å²) in [4.78, 5) is 4.54. The Kier molecular flexibility index (Phi) is 2.88. The van der Waals surface area contributed by atoms with E-state index in [1.54, 1.807) is 0 Å². The Morgan fingerprint density at radius 3 is 2.78 bits per heavy atom. The van der Waals surface area contributed by atoms with Crippen LogP contribution in [-0.4, -0.2) is 14.6 Å². The molecule has 18 heavy (non-hydrogen) atoms. The molecule has 0 bridgehead atoms. The lowest BCUT2D eigenvalue weighted by molar-refractivity contribution is 0.870. The molecule has 0 unspecified atom stereocenters. The van der Waals surface area contributed by atoms with Gasteiger partial charge in [-0.05, 0) is 36.8 Å². The molecule has 0 spiro atoms. The van der Waals surface area contributed by atoms with Crippen LogP contribution in [0.5, 0.6) is 0 Å². The van der Waals surface area contributed by atoms with E-state index in [-0.39, 0.29) is 0 Å². The average molecular weight is 302 g/mol. The SMILES string of the molecule is Cc1cccc2nc(Cc3cccc(Br)c3)nn12. The van der Waals surface area contributed by atoms with Crippen molar-refractivity contribution in [2.75, 3.05) is 0 Å². The number of benzene rings is 1. The van der Waals surface area contributed by atoms with Gasteiger partial charge < -0.3 is 0 Å². The van der Waals surface area contributed by atoms with E-state index in [0.717, 1.165) is 28.1 Å². The van der Waals surface area contributed by atoms with Gasteiger partial charge in [0.15, 0.2) is 11.5 Å². The molecule has 0 amide bonds. The molecule has 0 radical (unpaired) electrons. The van der Waals surface area contributed by atoms with Crippen LogP contribution in [0.4, 0.5) is 0 Å². The lowest BCUT2D eigenvalue weighted by atomic mass is 10.1. The first-order valence-electron chi connectivity index (χ1n) is 5.78. The van der Waals surface area contributed by atoms with Crippen LogP contribution in [0, 0.1) is 6.92 Å². The predicted octanol–water partition coefficient (Wildman–Crippen LogP) is 3.39. The second kappa shape index (κ2) is 4.53. The van der Waals surface area contributed by atoms with Crippen molar-refractivity contribution in [2.24, 2.45) is 0 Å². The van der Waals surface area contributed by atoms with Crippen LogP contribution in [0.3, 0.4) is 0 Å². The lowest BCUT2D eigenvalue weighted by Gasteiger charge is -1.97. The minimum Gasteiger partial charge on any atom is -0.218 e. The molecule has 1 aromatic carbocycles. The Hall–Kier alpha value is -1.68. The molecule has 4 heteroatoms. The number of rotatable bonds is 2. The van der Waals surface area contributed by atoms with Crippen molar-refractivity contribution in [1.82, 2.24) is 14.6 Å². The maximum absolute atomic E-state index is 4.54. The summed E-state index contributed by atoms with van der Waals surface area (Å²) in [7, 11) is 0. The Balaban J connectivity index is 1.98. The topological polar surface area (TPSA) is 30.2 Å². The maximum atomic E-state index is 4.54. The number of hydrogen-bond acceptors (Lipinski definition) is 2. The molecule has 0 aliphatic carbocycles. The fourth-order valence-electron chi connectivity index (χ4n) is 1.98. The monoisotopic (exact) mass is 301 g/mol. The van der Waals surface area contributed by atoms with Gasteiger partial charge in [-0.15, -0.1) is 0 Å². The van der Waals surface area contributed by atoms with Crippen LogP contribution in [0.15, 0.2) is 46.9 Å². The van der Waals surface area contributed by atoms with E-state index in [1.165, 1.54) is 5.56 Å². The van der Waals surface area contributed by atoms with Gasteiger partial charge in [0.1, 0.15) is 0 Å². The first kappa shape index (κ1) is 11.4. The number of aromatic nitrogens is 3. The van der Waals surface area contributed by atoms with E-state index in [1.807, 2.05) is 41.8 Å². The molecule has 0 saturated carbocycles. The van der Waals surface area contributed by atoms with Crippen molar-refractivity contribution in [1.29, 1.82) is 0 Å². The Morgan fingerprint density at radius 1 is 1.17 bits per heavy atom. The normalized spacial score (nSPS) is 11.0. The summed E-state index contributed by atoms with van der Waals surface area (Å²) in [5.41, 5.74) is 3.21.